The molecule has 9 aromatic rings. The third-order valence-corrected chi connectivity index (χ3v) is 22.6. The Balaban J connectivity index is 0.000000184. The zero-order valence-corrected chi connectivity index (χ0v) is 45.0. The van der Waals surface area contributed by atoms with Gasteiger partial charge in [0.2, 0.25) is 0 Å². The molecule has 0 amide bonds. The van der Waals surface area contributed by atoms with Crippen LogP contribution in [0.5, 0.6) is 0 Å². The quantitative estimate of drug-likeness (QED) is 0.0956. The topological polar surface area (TPSA) is 34.1 Å². The van der Waals surface area contributed by atoms with Gasteiger partial charge in [0.25, 0.3) is 0 Å². The van der Waals surface area contributed by atoms with Crippen LogP contribution in [-0.2, 0) is 9.36 Å². The minimum Gasteiger partial charge on any atom is -0.309 e. The molecule has 0 spiro atoms. The lowest BCUT2D eigenvalue weighted by molar-refractivity contribution is -0.115. The maximum Gasteiger partial charge on any atom is 0.171 e. The Kier molecular flexibility index (Phi) is 22.0. The van der Waals surface area contributed by atoms with Crippen LogP contribution in [0.2, 0.25) is 0 Å². The molecule has 0 fully saturated rings. The van der Waals surface area contributed by atoms with Crippen molar-refractivity contribution < 1.29 is 9.36 Å². The first-order valence-electron chi connectivity index (χ1n) is 24.1. The summed E-state index contributed by atoms with van der Waals surface area (Å²) in [6.07, 6.45) is 5.89. The molecule has 0 saturated carbocycles. The van der Waals surface area contributed by atoms with Crippen molar-refractivity contribution in [3.63, 3.8) is 0 Å². The van der Waals surface area contributed by atoms with Crippen LogP contribution < -0.4 is 47.7 Å². The van der Waals surface area contributed by atoms with E-state index in [1.807, 2.05) is 105 Å². The summed E-state index contributed by atoms with van der Waals surface area (Å²) in [6, 6.07) is 94.4. The molecule has 0 atom stereocenters. The Morgan fingerprint density at radius 1 is 0.380 bits per heavy atom. The van der Waals surface area contributed by atoms with Gasteiger partial charge in [-0.15, -0.1) is 6.58 Å². The van der Waals surface area contributed by atoms with Gasteiger partial charge in [-0.1, -0.05) is 262 Å². The van der Waals surface area contributed by atoms with Crippen molar-refractivity contribution in [2.45, 2.75) is 41.5 Å². The summed E-state index contributed by atoms with van der Waals surface area (Å²) in [7, 11) is -4.39. The molecule has 0 radical (unpaired) electrons. The SMILES string of the molecule is C=C(C)C.C=P(c1ccccc1)(c1ccccc1)c1ccccc1.CC(C)=O.CC(C)C[P+](c1ccccc1)(c1ccccc1)c1ccccc1.O=P(c1ccccc1)(c1ccccc1)c1ccccc1. The number of allylic oxidation sites excluding steroid dienone is 1. The molecular weight excluding hydrogens is 918 g/mol. The van der Waals surface area contributed by atoms with E-state index in [-0.39, 0.29) is 5.78 Å². The first-order chi connectivity index (χ1) is 34.3. The second-order valence-electron chi connectivity index (χ2n) is 17.9. The molecule has 0 aliphatic heterocycles. The summed E-state index contributed by atoms with van der Waals surface area (Å²) < 4.78 is 13.8. The van der Waals surface area contributed by atoms with Crippen LogP contribution in [0.4, 0.5) is 0 Å². The fraction of sp³-hybridized carbons (Fsp3) is 0.121. The average Bonchev–Trinajstić information content (AvgIpc) is 3.42. The number of carbonyl (C=O) groups is 1. The first-order valence-corrected chi connectivity index (χ1v) is 29.8. The van der Waals surface area contributed by atoms with Crippen molar-refractivity contribution in [2.75, 3.05) is 6.16 Å². The number of hydrogen-bond donors (Lipinski definition) is 0. The lowest BCUT2D eigenvalue weighted by atomic mass is 10.3. The van der Waals surface area contributed by atoms with Crippen LogP contribution in [0.3, 0.4) is 0 Å². The highest BCUT2D eigenvalue weighted by atomic mass is 31.2. The smallest absolute Gasteiger partial charge is 0.171 e. The van der Waals surface area contributed by atoms with Crippen molar-refractivity contribution >= 4 is 81.1 Å². The number of Topliss-reactive ketones (excluding diaryl/α,β-unsaturated/α-hetero) is 1. The van der Waals surface area contributed by atoms with E-state index in [1.54, 1.807) is 0 Å². The molecule has 360 valence electrons. The summed E-state index contributed by atoms with van der Waals surface area (Å²) in [6.45, 7) is 13.5. The Hall–Kier alpha value is -6.65. The zero-order chi connectivity index (χ0) is 51.0. The Morgan fingerprint density at radius 3 is 0.732 bits per heavy atom. The highest BCUT2D eigenvalue weighted by Gasteiger charge is 2.45. The molecule has 71 heavy (non-hydrogen) atoms. The van der Waals surface area contributed by atoms with Gasteiger partial charge in [-0.2, -0.15) is 0 Å². The van der Waals surface area contributed by atoms with Crippen molar-refractivity contribution in [1.29, 1.82) is 0 Å². The van der Waals surface area contributed by atoms with Gasteiger partial charge >= 0.3 is 0 Å². The molecule has 9 aromatic carbocycles. The molecule has 0 bridgehead atoms. The Morgan fingerprint density at radius 2 is 0.549 bits per heavy atom. The highest BCUT2D eigenvalue weighted by molar-refractivity contribution is 7.95. The van der Waals surface area contributed by atoms with Gasteiger partial charge in [0.05, 0.1) is 6.16 Å². The number of carbonyl (C=O) groups excluding carboxylic acids is 1. The van der Waals surface area contributed by atoms with Gasteiger partial charge in [0.1, 0.15) is 29.0 Å². The van der Waals surface area contributed by atoms with Crippen molar-refractivity contribution in [3.05, 3.63) is 285 Å². The summed E-state index contributed by atoms with van der Waals surface area (Å²) in [5, 5.41) is 11.0. The second kappa shape index (κ2) is 28.3. The second-order valence-corrected chi connectivity index (χ2v) is 27.4. The molecule has 0 aromatic heterocycles. The van der Waals surface area contributed by atoms with E-state index in [4.69, 9.17) is 6.30 Å². The molecule has 0 N–H and O–H groups in total. The molecule has 9 rings (SSSR count). The Bertz CT molecular complexity index is 2550. The molecule has 0 saturated heterocycles. The van der Waals surface area contributed by atoms with Gasteiger partial charge in [0.15, 0.2) is 7.14 Å². The average molecular weight is 988 g/mol. The van der Waals surface area contributed by atoms with E-state index in [9.17, 15) is 9.36 Å². The van der Waals surface area contributed by atoms with Crippen LogP contribution in [0.25, 0.3) is 0 Å². The van der Waals surface area contributed by atoms with E-state index < -0.39 is 21.3 Å². The summed E-state index contributed by atoms with van der Waals surface area (Å²) in [4.78, 5) is 9.44. The van der Waals surface area contributed by atoms with Crippen molar-refractivity contribution in [3.8, 4) is 0 Å². The fourth-order valence-corrected chi connectivity index (χ4v) is 18.5. The summed E-state index contributed by atoms with van der Waals surface area (Å²) in [5.41, 5.74) is 1.17. The van der Waals surface area contributed by atoms with Gasteiger partial charge in [-0.3, -0.25) is 0 Å². The predicted molar refractivity (Wildman–Crippen MR) is 320 cm³/mol. The first kappa shape index (κ1) is 55.3. The van der Waals surface area contributed by atoms with Crippen molar-refractivity contribution in [2.24, 2.45) is 5.92 Å². The summed E-state index contributed by atoms with van der Waals surface area (Å²) in [5.74, 6) is 0.809. The standard InChI is InChI=1S/C22H24P.C19H17P.C18H15OP.C4H8.C3H6O/c1-19(2)18-23(20-12-6-3-7-13-20,21-14-8-4-9-15-21)22-16-10-5-11-17-22;1-20(17-11-5-2-6-12-17,18-13-7-3-8-14-18)19-15-9-4-10-16-19;19-20(16-10-4-1-5-11-16,17-12-6-2-7-13-17)18-14-8-3-9-15-18;1-4(2)3;1-3(2)4/h3-17,19H,18H2,1-2H3;2-16H,1H2;1-15H;1H2,2-3H3;1-2H3/q+1;;;;. The van der Waals surface area contributed by atoms with Crippen LogP contribution in [0.1, 0.15) is 41.5 Å². The number of hydrogen-bond acceptors (Lipinski definition) is 2. The van der Waals surface area contributed by atoms with Gasteiger partial charge in [0, 0.05) is 15.9 Å². The molecule has 5 heteroatoms. The van der Waals surface area contributed by atoms with Gasteiger partial charge in [-0.05, 0) is 92.8 Å². The molecular formula is C66H70O2P3+. The van der Waals surface area contributed by atoms with E-state index >= 15 is 0 Å². The fourth-order valence-electron chi connectivity index (χ4n) is 8.21. The predicted octanol–water partition coefficient (Wildman–Crippen LogP) is 13.6. The third-order valence-electron chi connectivity index (χ3n) is 11.2. The van der Waals surface area contributed by atoms with Crippen LogP contribution in [-0.4, -0.2) is 18.2 Å². The van der Waals surface area contributed by atoms with E-state index in [0.717, 1.165) is 15.9 Å². The van der Waals surface area contributed by atoms with Gasteiger partial charge < -0.3 is 9.36 Å². The highest BCUT2D eigenvalue weighted by Crippen LogP contribution is 2.56. The van der Waals surface area contributed by atoms with Crippen LogP contribution >= 0.6 is 21.3 Å². The molecule has 0 aliphatic rings. The Labute approximate surface area is 426 Å². The largest absolute Gasteiger partial charge is 0.309 e. The van der Waals surface area contributed by atoms with Crippen molar-refractivity contribution in [1.82, 2.24) is 0 Å². The maximum absolute atomic E-state index is 13.8. The molecule has 2 nitrogen and oxygen atoms in total. The monoisotopic (exact) mass is 987 g/mol. The minimum absolute atomic E-state index is 0.167. The zero-order valence-electron chi connectivity index (χ0n) is 42.3. The lowest BCUT2D eigenvalue weighted by Crippen LogP contribution is -2.34. The normalized spacial score (nSPS) is 10.8. The lowest BCUT2D eigenvalue weighted by Gasteiger charge is -2.29. The molecule has 0 heterocycles. The third kappa shape index (κ3) is 15.4. The van der Waals surface area contributed by atoms with Crippen LogP contribution in [0.15, 0.2) is 285 Å². The molecule has 0 unspecified atom stereocenters. The van der Waals surface area contributed by atoms with Gasteiger partial charge in [-0.25, -0.2) is 0 Å². The minimum atomic E-state index is -2.78. The van der Waals surface area contributed by atoms with E-state index in [2.05, 4.69) is 202 Å². The summed E-state index contributed by atoms with van der Waals surface area (Å²) >= 11 is 0. The maximum atomic E-state index is 13.8. The van der Waals surface area contributed by atoms with Crippen LogP contribution in [0, 0.1) is 5.92 Å². The van der Waals surface area contributed by atoms with E-state index in [0.29, 0.717) is 5.92 Å². The van der Waals surface area contributed by atoms with E-state index in [1.165, 1.54) is 57.4 Å². The number of benzene rings is 9. The number of ketones is 1. The molecule has 0 aliphatic carbocycles. The number of rotatable bonds is 11.